The van der Waals surface area contributed by atoms with E-state index in [1.165, 1.54) is 19.3 Å². The molecule has 0 heterocycles. The molecule has 5 heteroatoms. The van der Waals surface area contributed by atoms with Crippen molar-refractivity contribution >= 4 is 26.2 Å². The van der Waals surface area contributed by atoms with E-state index in [9.17, 15) is 4.79 Å². The molecule has 0 rings (SSSR count). The third-order valence-electron chi connectivity index (χ3n) is 4.22. The molecule has 0 aliphatic heterocycles. The van der Waals surface area contributed by atoms with Crippen molar-refractivity contribution < 1.29 is 13.6 Å². The Morgan fingerprint density at radius 1 is 0.920 bits per heavy atom. The molecule has 3 nitrogen and oxygen atoms in total. The van der Waals surface area contributed by atoms with Crippen LogP contribution in [0.4, 0.5) is 0 Å². The summed E-state index contributed by atoms with van der Waals surface area (Å²) in [6, 6.07) is 0. The molecule has 0 aromatic carbocycles. The Kier molecular flexibility index (Phi) is 17.7. The van der Waals surface area contributed by atoms with Crippen LogP contribution >= 0.6 is 11.8 Å². The van der Waals surface area contributed by atoms with Gasteiger partial charge in [0.05, 0.1) is 0 Å². The highest BCUT2D eigenvalue weighted by Crippen LogP contribution is 2.31. The first kappa shape index (κ1) is 25.2. The quantitative estimate of drug-likeness (QED) is 0.217. The predicted molar refractivity (Wildman–Crippen MR) is 114 cm³/mol. The number of carbonyl (C=O) groups is 1. The van der Waals surface area contributed by atoms with Crippen LogP contribution in [0.3, 0.4) is 0 Å². The van der Waals surface area contributed by atoms with Gasteiger partial charge in [-0.2, -0.15) is 0 Å². The van der Waals surface area contributed by atoms with Crippen molar-refractivity contribution in [2.24, 2.45) is 0 Å². The van der Waals surface area contributed by atoms with Crippen LogP contribution in [0, 0.1) is 0 Å². The zero-order chi connectivity index (χ0) is 18.9. The first-order valence-electron chi connectivity index (χ1n) is 10.5. The molecule has 150 valence electrons. The number of thioether (sulfide) groups is 1. The molecular weight excluding hydrogens is 348 g/mol. The Morgan fingerprint density at radius 3 is 2.08 bits per heavy atom. The van der Waals surface area contributed by atoms with Gasteiger partial charge in [0.15, 0.2) is 5.12 Å². The Labute approximate surface area is 162 Å². The maximum Gasteiger partial charge on any atom is 0.324 e. The van der Waals surface area contributed by atoms with E-state index in [0.717, 1.165) is 58.2 Å². The second-order valence-electron chi connectivity index (χ2n) is 7.01. The van der Waals surface area contributed by atoms with Gasteiger partial charge in [-0.1, -0.05) is 72.1 Å². The van der Waals surface area contributed by atoms with Crippen molar-refractivity contribution in [2.45, 2.75) is 110 Å². The summed E-state index contributed by atoms with van der Waals surface area (Å²) in [6.45, 7) is 12.5. The molecule has 0 N–H and O–H groups in total. The molecule has 2 atom stereocenters. The molecule has 0 fully saturated rings. The van der Waals surface area contributed by atoms with Crippen LogP contribution in [0.25, 0.3) is 0 Å². The summed E-state index contributed by atoms with van der Waals surface area (Å²) in [5, 5.41) is 0.724. The molecule has 0 spiro atoms. The number of hydrogen-bond donors (Lipinski definition) is 0. The molecule has 0 bridgehead atoms. The molecule has 0 saturated heterocycles. The Hall–Kier alpha value is 0.157. The third-order valence-corrected chi connectivity index (χ3v) is 7.78. The zero-order valence-corrected chi connectivity index (χ0v) is 19.3. The molecule has 0 aliphatic rings. The lowest BCUT2D eigenvalue weighted by atomic mass is 10.1. The van der Waals surface area contributed by atoms with Gasteiger partial charge in [0.25, 0.3) is 0 Å². The van der Waals surface area contributed by atoms with Gasteiger partial charge in [0, 0.05) is 30.4 Å². The standard InChI is InChI=1S/C20H42O3SSi/c1-6-10-11-12-14-20(21)24-18(5)17-19(13-7-2)25(22-15-8-3)23-16-9-4/h18-19,25H,6-17H2,1-5H3. The van der Waals surface area contributed by atoms with E-state index in [1.54, 1.807) is 11.8 Å². The van der Waals surface area contributed by atoms with Gasteiger partial charge < -0.3 is 8.85 Å². The van der Waals surface area contributed by atoms with Crippen molar-refractivity contribution in [3.05, 3.63) is 0 Å². The zero-order valence-electron chi connectivity index (χ0n) is 17.4. The minimum Gasteiger partial charge on any atom is -0.396 e. The topological polar surface area (TPSA) is 35.5 Å². The van der Waals surface area contributed by atoms with Gasteiger partial charge in [-0.15, -0.1) is 0 Å². The van der Waals surface area contributed by atoms with E-state index in [1.807, 2.05) is 0 Å². The van der Waals surface area contributed by atoms with E-state index in [-0.39, 0.29) is 0 Å². The van der Waals surface area contributed by atoms with Gasteiger partial charge in [0.2, 0.25) is 0 Å². The molecule has 0 saturated carbocycles. The van der Waals surface area contributed by atoms with Crippen LogP contribution in [-0.2, 0) is 13.6 Å². The van der Waals surface area contributed by atoms with E-state index in [0.29, 0.717) is 15.9 Å². The molecule has 2 unspecified atom stereocenters. The molecule has 0 radical (unpaired) electrons. The Balaban J connectivity index is 4.44. The van der Waals surface area contributed by atoms with Gasteiger partial charge in [0.1, 0.15) is 0 Å². The Bertz CT molecular complexity index is 307. The van der Waals surface area contributed by atoms with Crippen LogP contribution in [0.1, 0.15) is 98.8 Å². The fourth-order valence-electron chi connectivity index (χ4n) is 2.98. The summed E-state index contributed by atoms with van der Waals surface area (Å²) >= 11 is 1.55. The lowest BCUT2D eigenvalue weighted by molar-refractivity contribution is -0.111. The van der Waals surface area contributed by atoms with Crippen LogP contribution in [0.5, 0.6) is 0 Å². The summed E-state index contributed by atoms with van der Waals surface area (Å²) in [7, 11) is -1.66. The average molecular weight is 391 g/mol. The monoisotopic (exact) mass is 390 g/mol. The summed E-state index contributed by atoms with van der Waals surface area (Å²) in [4.78, 5) is 12.2. The molecule has 0 aliphatic carbocycles. The van der Waals surface area contributed by atoms with Crippen LogP contribution < -0.4 is 0 Å². The lowest BCUT2D eigenvalue weighted by Crippen LogP contribution is -2.31. The second kappa shape index (κ2) is 17.6. The van der Waals surface area contributed by atoms with Crippen LogP contribution in [-0.4, -0.2) is 32.9 Å². The highest BCUT2D eigenvalue weighted by atomic mass is 32.2. The minimum atomic E-state index is -1.66. The van der Waals surface area contributed by atoms with E-state index in [2.05, 4.69) is 34.6 Å². The molecule has 0 amide bonds. The SMILES string of the molecule is CCCCCCC(=O)SC(C)CC(CCC)[SiH](OCCC)OCCC. The lowest BCUT2D eigenvalue weighted by Gasteiger charge is -2.27. The molecule has 0 aromatic rings. The van der Waals surface area contributed by atoms with Crippen molar-refractivity contribution in [1.29, 1.82) is 0 Å². The fourth-order valence-corrected chi connectivity index (χ4v) is 7.04. The number of rotatable bonds is 17. The summed E-state index contributed by atoms with van der Waals surface area (Å²) in [5.41, 5.74) is 0.512. The normalized spacial score (nSPS) is 14.0. The van der Waals surface area contributed by atoms with Crippen LogP contribution in [0.15, 0.2) is 0 Å². The first-order chi connectivity index (χ1) is 12.1. The largest absolute Gasteiger partial charge is 0.396 e. The van der Waals surface area contributed by atoms with Gasteiger partial charge in [-0.3, -0.25) is 4.79 Å². The molecule has 0 aromatic heterocycles. The minimum absolute atomic E-state index is 0.362. The van der Waals surface area contributed by atoms with E-state index < -0.39 is 9.28 Å². The fraction of sp³-hybridized carbons (Fsp3) is 0.950. The van der Waals surface area contributed by atoms with Crippen molar-refractivity contribution in [1.82, 2.24) is 0 Å². The smallest absolute Gasteiger partial charge is 0.324 e. The maximum atomic E-state index is 12.2. The number of hydrogen-bond acceptors (Lipinski definition) is 4. The number of carbonyl (C=O) groups excluding carboxylic acids is 1. The van der Waals surface area contributed by atoms with Crippen LogP contribution in [0.2, 0.25) is 5.54 Å². The molecule has 25 heavy (non-hydrogen) atoms. The Morgan fingerprint density at radius 2 is 1.56 bits per heavy atom. The van der Waals surface area contributed by atoms with Gasteiger partial charge in [-0.05, 0) is 32.1 Å². The maximum absolute atomic E-state index is 12.2. The second-order valence-corrected chi connectivity index (χ2v) is 10.8. The third kappa shape index (κ3) is 14.0. The highest BCUT2D eigenvalue weighted by molar-refractivity contribution is 8.14. The average Bonchev–Trinajstić information content (AvgIpc) is 2.58. The summed E-state index contributed by atoms with van der Waals surface area (Å²) in [5.74, 6) is 0. The van der Waals surface area contributed by atoms with Crippen molar-refractivity contribution in [3.8, 4) is 0 Å². The highest BCUT2D eigenvalue weighted by Gasteiger charge is 2.28. The van der Waals surface area contributed by atoms with Crippen molar-refractivity contribution in [2.75, 3.05) is 13.2 Å². The molecular formula is C20H42O3SSi. The van der Waals surface area contributed by atoms with Crippen molar-refractivity contribution in [3.63, 3.8) is 0 Å². The number of unbranched alkanes of at least 4 members (excludes halogenated alkanes) is 3. The van der Waals surface area contributed by atoms with Gasteiger partial charge in [-0.25, -0.2) is 0 Å². The summed E-state index contributed by atoms with van der Waals surface area (Å²) in [6.07, 6.45) is 10.8. The van der Waals surface area contributed by atoms with Gasteiger partial charge >= 0.3 is 9.28 Å². The first-order valence-corrected chi connectivity index (χ1v) is 13.0. The summed E-state index contributed by atoms with van der Waals surface area (Å²) < 4.78 is 12.3. The van der Waals surface area contributed by atoms with E-state index >= 15 is 0 Å². The van der Waals surface area contributed by atoms with E-state index in [4.69, 9.17) is 8.85 Å². The predicted octanol–water partition coefficient (Wildman–Crippen LogP) is 6.24.